The summed E-state index contributed by atoms with van der Waals surface area (Å²) in [4.78, 5) is 38.4. The molecule has 0 unspecified atom stereocenters. The Morgan fingerprint density at radius 3 is 2.52 bits per heavy atom. The minimum atomic E-state index is -0.442. The number of hydrogen-bond acceptors (Lipinski definition) is 5. The highest BCUT2D eigenvalue weighted by Gasteiger charge is 2.27. The van der Waals surface area contributed by atoms with Crippen molar-refractivity contribution < 1.29 is 19.1 Å². The zero-order valence-electron chi connectivity index (χ0n) is 13.7. The van der Waals surface area contributed by atoms with Gasteiger partial charge in [0.25, 0.3) is 0 Å². The number of methoxy groups -OCH3 is 1. The van der Waals surface area contributed by atoms with E-state index in [-0.39, 0.29) is 17.7 Å². The third-order valence-corrected chi connectivity index (χ3v) is 5.28. The average Bonchev–Trinajstić information content (AvgIpc) is 2.97. The lowest BCUT2D eigenvalue weighted by molar-refractivity contribution is -0.132. The van der Waals surface area contributed by atoms with Crippen LogP contribution in [0.1, 0.15) is 41.9 Å². The van der Waals surface area contributed by atoms with E-state index in [1.165, 1.54) is 18.4 Å². The maximum absolute atomic E-state index is 12.4. The summed E-state index contributed by atoms with van der Waals surface area (Å²) in [6.45, 7) is 4.74. The molecule has 1 aromatic rings. The smallest absolute Gasteiger partial charge is 0.340 e. The molecule has 126 valence electrons. The minimum absolute atomic E-state index is 0.0441. The number of likely N-dealkylation sites (tertiary alicyclic amines) is 1. The Bertz CT molecular complexity index is 603. The van der Waals surface area contributed by atoms with Crippen molar-refractivity contribution in [2.45, 2.75) is 33.1 Å². The van der Waals surface area contributed by atoms with Gasteiger partial charge in [-0.15, -0.1) is 11.3 Å². The van der Waals surface area contributed by atoms with E-state index < -0.39 is 5.97 Å². The minimum Gasteiger partial charge on any atom is -0.465 e. The summed E-state index contributed by atoms with van der Waals surface area (Å²) >= 11 is 1.40. The average molecular weight is 338 g/mol. The molecule has 2 rings (SSSR count). The molecular weight excluding hydrogens is 316 g/mol. The first-order valence-electron chi connectivity index (χ1n) is 7.73. The molecule has 7 heteroatoms. The van der Waals surface area contributed by atoms with E-state index in [0.29, 0.717) is 36.5 Å². The highest BCUT2D eigenvalue weighted by molar-refractivity contribution is 7.16. The Labute approximate surface area is 139 Å². The van der Waals surface area contributed by atoms with Gasteiger partial charge in [-0.3, -0.25) is 9.59 Å². The van der Waals surface area contributed by atoms with Crippen molar-refractivity contribution in [2.75, 3.05) is 25.5 Å². The Hall–Kier alpha value is -1.89. The number of hydrogen-bond donors (Lipinski definition) is 1. The molecule has 1 fully saturated rings. The van der Waals surface area contributed by atoms with Crippen LogP contribution in [0, 0.1) is 5.92 Å². The lowest BCUT2D eigenvalue weighted by Gasteiger charge is -2.30. The van der Waals surface area contributed by atoms with Gasteiger partial charge in [-0.05, 0) is 25.3 Å². The number of anilines is 1. The Balaban J connectivity index is 2.04. The zero-order valence-corrected chi connectivity index (χ0v) is 14.5. The highest BCUT2D eigenvalue weighted by atomic mass is 32.1. The first kappa shape index (κ1) is 17.5. The predicted octanol–water partition coefficient (Wildman–Crippen LogP) is 2.29. The van der Waals surface area contributed by atoms with Crippen LogP contribution >= 0.6 is 11.3 Å². The van der Waals surface area contributed by atoms with Gasteiger partial charge in [-0.2, -0.15) is 0 Å². The van der Waals surface area contributed by atoms with Crippen molar-refractivity contribution >= 4 is 34.1 Å². The quantitative estimate of drug-likeness (QED) is 0.855. The third kappa shape index (κ3) is 4.10. The van der Waals surface area contributed by atoms with Crippen molar-refractivity contribution in [3.63, 3.8) is 0 Å². The molecule has 1 aliphatic heterocycles. The number of amides is 2. The Morgan fingerprint density at radius 1 is 1.35 bits per heavy atom. The summed E-state index contributed by atoms with van der Waals surface area (Å²) in [5.74, 6) is -0.628. The molecule has 1 N–H and O–H groups in total. The number of aryl methyl sites for hydroxylation is 1. The van der Waals surface area contributed by atoms with E-state index >= 15 is 0 Å². The molecule has 0 aliphatic carbocycles. The Kier molecular flexibility index (Phi) is 5.76. The van der Waals surface area contributed by atoms with Crippen molar-refractivity contribution in [2.24, 2.45) is 5.92 Å². The molecule has 0 aromatic carbocycles. The number of rotatable bonds is 4. The largest absolute Gasteiger partial charge is 0.465 e. The number of nitrogens with one attached hydrogen (secondary N) is 1. The number of carbonyl (C=O) groups is 3. The van der Waals surface area contributed by atoms with Gasteiger partial charge in [0.1, 0.15) is 5.00 Å². The van der Waals surface area contributed by atoms with Crippen molar-refractivity contribution in [3.05, 3.63) is 16.5 Å². The zero-order chi connectivity index (χ0) is 17.0. The fourth-order valence-electron chi connectivity index (χ4n) is 2.64. The number of nitrogens with zero attached hydrogens (tertiary/aromatic N) is 1. The van der Waals surface area contributed by atoms with Gasteiger partial charge in [0.15, 0.2) is 0 Å². The molecule has 0 bridgehead atoms. The number of thiophene rings is 1. The lowest BCUT2D eigenvalue weighted by Crippen LogP contribution is -2.40. The van der Waals surface area contributed by atoms with Crippen LogP contribution in [0.25, 0.3) is 0 Å². The maximum atomic E-state index is 12.4. The van der Waals surface area contributed by atoms with E-state index in [9.17, 15) is 14.4 Å². The van der Waals surface area contributed by atoms with Crippen LogP contribution in [0.4, 0.5) is 5.00 Å². The highest BCUT2D eigenvalue weighted by Crippen LogP contribution is 2.30. The van der Waals surface area contributed by atoms with Gasteiger partial charge in [0.05, 0.1) is 12.7 Å². The van der Waals surface area contributed by atoms with Crippen LogP contribution < -0.4 is 5.32 Å². The molecule has 2 heterocycles. The third-order valence-electron chi connectivity index (χ3n) is 4.08. The van der Waals surface area contributed by atoms with E-state index in [2.05, 4.69) is 5.32 Å². The fourth-order valence-corrected chi connectivity index (χ4v) is 3.63. The topological polar surface area (TPSA) is 75.7 Å². The van der Waals surface area contributed by atoms with Gasteiger partial charge in [0.2, 0.25) is 11.8 Å². The summed E-state index contributed by atoms with van der Waals surface area (Å²) in [6, 6.07) is 1.77. The molecular formula is C16H22N2O4S. The molecule has 0 spiro atoms. The molecule has 0 atom stereocenters. The van der Waals surface area contributed by atoms with Crippen LogP contribution in [0.2, 0.25) is 0 Å². The van der Waals surface area contributed by atoms with E-state index in [1.54, 1.807) is 17.9 Å². The van der Waals surface area contributed by atoms with Crippen LogP contribution in [-0.4, -0.2) is 42.9 Å². The second-order valence-corrected chi connectivity index (χ2v) is 6.71. The molecule has 6 nitrogen and oxygen atoms in total. The van der Waals surface area contributed by atoms with Gasteiger partial charge in [-0.1, -0.05) is 6.92 Å². The Morgan fingerprint density at radius 2 is 2.00 bits per heavy atom. The SMILES string of the molecule is CCc1cc(C(=O)OC)c(NC(=O)C2CCN(C(C)=O)CC2)s1. The molecule has 0 radical (unpaired) electrons. The molecule has 1 aromatic heterocycles. The van der Waals surface area contributed by atoms with Crippen molar-refractivity contribution in [3.8, 4) is 0 Å². The first-order chi connectivity index (χ1) is 11.0. The standard InChI is InChI=1S/C16H22N2O4S/c1-4-12-9-13(16(21)22-3)15(23-12)17-14(20)11-5-7-18(8-6-11)10(2)19/h9,11H,4-8H2,1-3H3,(H,17,20). The molecule has 23 heavy (non-hydrogen) atoms. The maximum Gasteiger partial charge on any atom is 0.340 e. The summed E-state index contributed by atoms with van der Waals surface area (Å²) in [7, 11) is 1.33. The van der Waals surface area contributed by atoms with Gasteiger partial charge in [-0.25, -0.2) is 4.79 Å². The molecule has 1 saturated heterocycles. The predicted molar refractivity (Wildman–Crippen MR) is 88.6 cm³/mol. The van der Waals surface area contributed by atoms with Crippen molar-refractivity contribution in [1.29, 1.82) is 0 Å². The van der Waals surface area contributed by atoms with Gasteiger partial charge >= 0.3 is 5.97 Å². The van der Waals surface area contributed by atoms with Gasteiger partial charge in [0, 0.05) is 30.8 Å². The summed E-state index contributed by atoms with van der Waals surface area (Å²) in [6.07, 6.45) is 2.08. The lowest BCUT2D eigenvalue weighted by atomic mass is 9.96. The first-order valence-corrected chi connectivity index (χ1v) is 8.55. The van der Waals surface area contributed by atoms with E-state index in [4.69, 9.17) is 4.74 Å². The molecule has 0 saturated carbocycles. The molecule has 1 aliphatic rings. The normalized spacial score (nSPS) is 15.3. The van der Waals surface area contributed by atoms with E-state index in [1.807, 2.05) is 6.92 Å². The van der Waals surface area contributed by atoms with Crippen LogP contribution in [0.5, 0.6) is 0 Å². The second-order valence-electron chi connectivity index (χ2n) is 5.57. The second kappa shape index (κ2) is 7.59. The monoisotopic (exact) mass is 338 g/mol. The number of esters is 1. The van der Waals surface area contributed by atoms with Crippen LogP contribution in [0.15, 0.2) is 6.07 Å². The summed E-state index contributed by atoms with van der Waals surface area (Å²) in [5.41, 5.74) is 0.406. The van der Waals surface area contributed by atoms with Crippen LogP contribution in [0.3, 0.4) is 0 Å². The number of carbonyl (C=O) groups excluding carboxylic acids is 3. The summed E-state index contributed by atoms with van der Waals surface area (Å²) < 4.78 is 4.77. The van der Waals surface area contributed by atoms with Gasteiger partial charge < -0.3 is 15.0 Å². The van der Waals surface area contributed by atoms with Crippen molar-refractivity contribution in [1.82, 2.24) is 4.90 Å². The van der Waals surface area contributed by atoms with E-state index in [0.717, 1.165) is 11.3 Å². The summed E-state index contributed by atoms with van der Waals surface area (Å²) in [5, 5.41) is 3.42. The molecule has 2 amide bonds. The van der Waals surface area contributed by atoms with Crippen LogP contribution in [-0.2, 0) is 20.7 Å². The fraction of sp³-hybridized carbons (Fsp3) is 0.562. The number of piperidine rings is 1. The number of ether oxygens (including phenoxy) is 1.